The monoisotopic (exact) mass is 279 g/mol. The molecule has 5 heteroatoms. The summed E-state index contributed by atoms with van der Waals surface area (Å²) in [6, 6.07) is 5.68. The fourth-order valence-electron chi connectivity index (χ4n) is 2.54. The van der Waals surface area contributed by atoms with Crippen molar-refractivity contribution in [3.05, 3.63) is 35.4 Å². The highest BCUT2D eigenvalue weighted by Gasteiger charge is 2.37. The summed E-state index contributed by atoms with van der Waals surface area (Å²) in [5, 5.41) is 3.32. The molecule has 18 heavy (non-hydrogen) atoms. The molecule has 1 nitrogen and oxygen atoms in total. The van der Waals surface area contributed by atoms with Crippen LogP contribution in [0, 0.1) is 0 Å². The Morgan fingerprint density at radius 1 is 1.28 bits per heavy atom. The van der Waals surface area contributed by atoms with Crippen LogP contribution in [-0.2, 0) is 6.18 Å². The SMILES string of the molecule is CC1(C)NCCC1c1cccc(C(F)(F)F)c1.Cl. The smallest absolute Gasteiger partial charge is 0.311 e. The van der Waals surface area contributed by atoms with Crippen molar-refractivity contribution in [2.24, 2.45) is 0 Å². The van der Waals surface area contributed by atoms with Crippen molar-refractivity contribution in [2.45, 2.75) is 37.9 Å². The standard InChI is InChI=1S/C13H16F3N.ClH/c1-12(2)11(6-7-17-12)9-4-3-5-10(8-9)13(14,15)16;/h3-5,8,11,17H,6-7H2,1-2H3;1H. The van der Waals surface area contributed by atoms with E-state index < -0.39 is 11.7 Å². The van der Waals surface area contributed by atoms with Gasteiger partial charge in [-0.05, 0) is 38.4 Å². The molecule has 2 rings (SSSR count). The fraction of sp³-hybridized carbons (Fsp3) is 0.538. The number of rotatable bonds is 1. The molecule has 1 saturated heterocycles. The van der Waals surface area contributed by atoms with E-state index in [-0.39, 0.29) is 23.9 Å². The Bertz CT molecular complexity index is 415. The zero-order chi connectivity index (χ0) is 12.7. The largest absolute Gasteiger partial charge is 0.416 e. The zero-order valence-corrected chi connectivity index (χ0v) is 11.2. The molecule has 1 unspecified atom stereocenters. The molecular formula is C13H17ClF3N. The van der Waals surface area contributed by atoms with Gasteiger partial charge in [0, 0.05) is 11.5 Å². The Kier molecular flexibility index (Phi) is 4.34. The normalized spacial score (nSPS) is 22.6. The Morgan fingerprint density at radius 2 is 1.94 bits per heavy atom. The third-order valence-corrected chi connectivity index (χ3v) is 3.50. The van der Waals surface area contributed by atoms with Crippen molar-refractivity contribution in [3.63, 3.8) is 0 Å². The summed E-state index contributed by atoms with van der Waals surface area (Å²) < 4.78 is 37.9. The second-order valence-electron chi connectivity index (χ2n) is 5.11. The molecule has 0 bridgehead atoms. The Hall–Kier alpha value is -0.740. The van der Waals surface area contributed by atoms with Crippen LogP contribution >= 0.6 is 12.4 Å². The molecule has 0 aliphatic carbocycles. The summed E-state index contributed by atoms with van der Waals surface area (Å²) in [5.74, 6) is 0.143. The van der Waals surface area contributed by atoms with Gasteiger partial charge in [0.2, 0.25) is 0 Å². The maximum absolute atomic E-state index is 12.6. The van der Waals surface area contributed by atoms with Crippen LogP contribution in [0.3, 0.4) is 0 Å². The van der Waals surface area contributed by atoms with Crippen LogP contribution in [0.25, 0.3) is 0 Å². The molecule has 1 aromatic rings. The van der Waals surface area contributed by atoms with Crippen molar-refractivity contribution in [1.29, 1.82) is 0 Å². The highest BCUT2D eigenvalue weighted by Crippen LogP contribution is 2.38. The summed E-state index contributed by atoms with van der Waals surface area (Å²) in [5.41, 5.74) is 0.0806. The summed E-state index contributed by atoms with van der Waals surface area (Å²) in [7, 11) is 0. The average Bonchev–Trinajstić information content (AvgIpc) is 2.57. The number of hydrogen-bond acceptors (Lipinski definition) is 1. The average molecular weight is 280 g/mol. The number of nitrogens with one attached hydrogen (secondary N) is 1. The Labute approximate surface area is 111 Å². The molecule has 1 heterocycles. The van der Waals surface area contributed by atoms with Gasteiger partial charge in [0.1, 0.15) is 0 Å². The first kappa shape index (κ1) is 15.3. The van der Waals surface area contributed by atoms with Crippen molar-refractivity contribution >= 4 is 12.4 Å². The predicted molar refractivity (Wildman–Crippen MR) is 68.1 cm³/mol. The molecule has 1 atom stereocenters. The van der Waals surface area contributed by atoms with Crippen LogP contribution in [0.15, 0.2) is 24.3 Å². The van der Waals surface area contributed by atoms with Crippen molar-refractivity contribution in [2.75, 3.05) is 6.54 Å². The molecule has 1 aliphatic heterocycles. The third-order valence-electron chi connectivity index (χ3n) is 3.50. The highest BCUT2D eigenvalue weighted by molar-refractivity contribution is 5.85. The van der Waals surface area contributed by atoms with Crippen LogP contribution in [0.1, 0.15) is 37.3 Å². The van der Waals surface area contributed by atoms with Gasteiger partial charge in [-0.3, -0.25) is 0 Å². The quantitative estimate of drug-likeness (QED) is 0.820. The maximum Gasteiger partial charge on any atom is 0.416 e. The predicted octanol–water partition coefficient (Wildman–Crippen LogP) is 3.98. The molecule has 0 saturated carbocycles. The summed E-state index contributed by atoms with van der Waals surface area (Å²) >= 11 is 0. The van der Waals surface area contributed by atoms with Gasteiger partial charge in [-0.1, -0.05) is 18.2 Å². The fourth-order valence-corrected chi connectivity index (χ4v) is 2.54. The van der Waals surface area contributed by atoms with Crippen molar-refractivity contribution in [3.8, 4) is 0 Å². The number of alkyl halides is 3. The van der Waals surface area contributed by atoms with Gasteiger partial charge in [0.05, 0.1) is 5.56 Å². The molecular weight excluding hydrogens is 263 g/mol. The minimum Gasteiger partial charge on any atom is -0.311 e. The third kappa shape index (κ3) is 2.98. The lowest BCUT2D eigenvalue weighted by Gasteiger charge is -2.28. The summed E-state index contributed by atoms with van der Waals surface area (Å²) in [6.45, 7) is 4.92. The molecule has 102 valence electrons. The van der Waals surface area contributed by atoms with Gasteiger partial charge in [-0.15, -0.1) is 12.4 Å². The number of halogens is 4. The number of hydrogen-bond donors (Lipinski definition) is 1. The summed E-state index contributed by atoms with van der Waals surface area (Å²) in [6.07, 6.45) is -3.37. The van der Waals surface area contributed by atoms with Crippen LogP contribution in [-0.4, -0.2) is 12.1 Å². The molecule has 0 spiro atoms. The molecule has 1 aliphatic rings. The lowest BCUT2D eigenvalue weighted by atomic mass is 9.83. The summed E-state index contributed by atoms with van der Waals surface area (Å²) in [4.78, 5) is 0. The Morgan fingerprint density at radius 3 is 2.44 bits per heavy atom. The van der Waals surface area contributed by atoms with Crippen LogP contribution < -0.4 is 5.32 Å². The van der Waals surface area contributed by atoms with Crippen molar-refractivity contribution in [1.82, 2.24) is 5.32 Å². The van der Waals surface area contributed by atoms with Crippen LogP contribution in [0.5, 0.6) is 0 Å². The van der Waals surface area contributed by atoms with Gasteiger partial charge in [-0.25, -0.2) is 0 Å². The van der Waals surface area contributed by atoms with Crippen molar-refractivity contribution < 1.29 is 13.2 Å². The van der Waals surface area contributed by atoms with E-state index in [9.17, 15) is 13.2 Å². The molecule has 0 amide bonds. The first-order chi connectivity index (χ1) is 7.81. The van der Waals surface area contributed by atoms with Gasteiger partial charge < -0.3 is 5.32 Å². The van der Waals surface area contributed by atoms with E-state index in [0.29, 0.717) is 0 Å². The first-order valence-corrected chi connectivity index (χ1v) is 5.73. The van der Waals surface area contributed by atoms with Gasteiger partial charge in [-0.2, -0.15) is 13.2 Å². The highest BCUT2D eigenvalue weighted by atomic mass is 35.5. The topological polar surface area (TPSA) is 12.0 Å². The zero-order valence-electron chi connectivity index (χ0n) is 10.3. The van der Waals surface area contributed by atoms with Gasteiger partial charge in [0.25, 0.3) is 0 Å². The van der Waals surface area contributed by atoms with Crippen LogP contribution in [0.4, 0.5) is 13.2 Å². The lowest BCUT2D eigenvalue weighted by molar-refractivity contribution is -0.137. The van der Waals surface area contributed by atoms with E-state index in [4.69, 9.17) is 0 Å². The molecule has 1 N–H and O–H groups in total. The van der Waals surface area contributed by atoms with E-state index in [0.717, 1.165) is 24.6 Å². The molecule has 1 aromatic carbocycles. The molecule has 0 aromatic heterocycles. The second kappa shape index (κ2) is 5.10. The van der Waals surface area contributed by atoms with E-state index >= 15 is 0 Å². The van der Waals surface area contributed by atoms with Crippen LogP contribution in [0.2, 0.25) is 0 Å². The minimum absolute atomic E-state index is 0. The van der Waals surface area contributed by atoms with E-state index in [1.165, 1.54) is 12.1 Å². The molecule has 0 radical (unpaired) electrons. The van der Waals surface area contributed by atoms with Gasteiger partial charge in [0.15, 0.2) is 0 Å². The maximum atomic E-state index is 12.6. The molecule has 1 fully saturated rings. The Balaban J connectivity index is 0.00000162. The number of benzene rings is 1. The minimum atomic E-state index is -4.26. The van der Waals surface area contributed by atoms with E-state index in [2.05, 4.69) is 5.32 Å². The first-order valence-electron chi connectivity index (χ1n) is 5.73. The second-order valence-corrected chi connectivity index (χ2v) is 5.11. The lowest BCUT2D eigenvalue weighted by Crippen LogP contribution is -2.36. The van der Waals surface area contributed by atoms with E-state index in [1.807, 2.05) is 13.8 Å². The van der Waals surface area contributed by atoms with E-state index in [1.54, 1.807) is 6.07 Å². The van der Waals surface area contributed by atoms with Gasteiger partial charge >= 0.3 is 6.18 Å².